The van der Waals surface area contributed by atoms with Crippen molar-refractivity contribution in [2.75, 3.05) is 18.8 Å². The third-order valence-electron chi connectivity index (χ3n) is 2.73. The minimum absolute atomic E-state index is 0.108. The largest absolute Gasteiger partial charge is 0.382 e. The Labute approximate surface area is 98.6 Å². The highest BCUT2D eigenvalue weighted by molar-refractivity contribution is 6.28. The summed E-state index contributed by atoms with van der Waals surface area (Å²) in [5.74, 6) is 0.370. The van der Waals surface area contributed by atoms with E-state index >= 15 is 0 Å². The van der Waals surface area contributed by atoms with E-state index in [9.17, 15) is 0 Å². The van der Waals surface area contributed by atoms with E-state index in [2.05, 4.69) is 21.4 Å². The van der Waals surface area contributed by atoms with Gasteiger partial charge in [0.1, 0.15) is 17.5 Å². The number of nitriles is 1. The van der Waals surface area contributed by atoms with Crippen LogP contribution in [0, 0.1) is 11.3 Å². The van der Waals surface area contributed by atoms with E-state index in [-0.39, 0.29) is 17.0 Å². The van der Waals surface area contributed by atoms with E-state index in [1.54, 1.807) is 0 Å². The summed E-state index contributed by atoms with van der Waals surface area (Å²) in [5, 5.41) is 12.4. The molecule has 5 nitrogen and oxygen atoms in total. The highest BCUT2D eigenvalue weighted by atomic mass is 35.5. The number of hydrogen-bond donors (Lipinski definition) is 2. The minimum atomic E-state index is 0.108. The van der Waals surface area contributed by atoms with Crippen LogP contribution in [0.4, 0.5) is 5.82 Å². The molecular weight excluding hydrogens is 226 g/mol. The van der Waals surface area contributed by atoms with Crippen molar-refractivity contribution in [1.82, 2.24) is 15.3 Å². The number of nitrogens with two attached hydrogens (primary N) is 1. The molecule has 16 heavy (non-hydrogen) atoms. The van der Waals surface area contributed by atoms with Crippen LogP contribution in [-0.4, -0.2) is 23.1 Å². The van der Waals surface area contributed by atoms with E-state index in [4.69, 9.17) is 22.6 Å². The SMILES string of the molecule is N#Cc1c(N)nc(Cl)nc1C1CCCNC1. The minimum Gasteiger partial charge on any atom is -0.382 e. The van der Waals surface area contributed by atoms with Crippen LogP contribution in [0.25, 0.3) is 0 Å². The summed E-state index contributed by atoms with van der Waals surface area (Å²) in [5.41, 5.74) is 6.69. The molecule has 1 aromatic heterocycles. The van der Waals surface area contributed by atoms with Crippen molar-refractivity contribution in [3.05, 3.63) is 16.5 Å². The fourth-order valence-corrected chi connectivity index (χ4v) is 2.14. The van der Waals surface area contributed by atoms with Gasteiger partial charge in [0.25, 0.3) is 0 Å². The zero-order valence-electron chi connectivity index (χ0n) is 8.70. The van der Waals surface area contributed by atoms with Crippen molar-refractivity contribution in [3.63, 3.8) is 0 Å². The lowest BCUT2D eigenvalue weighted by molar-refractivity contribution is 0.454. The molecule has 0 aliphatic carbocycles. The number of nitrogens with zero attached hydrogens (tertiary/aromatic N) is 3. The predicted octanol–water partition coefficient (Wildman–Crippen LogP) is 1.05. The molecule has 2 rings (SSSR count). The summed E-state index contributed by atoms with van der Waals surface area (Å²) in [6.45, 7) is 1.81. The molecule has 0 spiro atoms. The van der Waals surface area contributed by atoms with Crippen molar-refractivity contribution in [2.45, 2.75) is 18.8 Å². The van der Waals surface area contributed by atoms with Gasteiger partial charge in [0.2, 0.25) is 5.28 Å². The lowest BCUT2D eigenvalue weighted by Crippen LogP contribution is -2.29. The van der Waals surface area contributed by atoms with Crippen LogP contribution in [-0.2, 0) is 0 Å². The van der Waals surface area contributed by atoms with Gasteiger partial charge in [-0.3, -0.25) is 0 Å². The molecule has 0 aromatic carbocycles. The van der Waals surface area contributed by atoms with Gasteiger partial charge in [-0.25, -0.2) is 4.98 Å². The van der Waals surface area contributed by atoms with Gasteiger partial charge in [-0.05, 0) is 31.0 Å². The quantitative estimate of drug-likeness (QED) is 0.713. The smallest absolute Gasteiger partial charge is 0.224 e. The molecule has 1 aromatic rings. The Morgan fingerprint density at radius 1 is 1.50 bits per heavy atom. The Morgan fingerprint density at radius 2 is 2.31 bits per heavy atom. The average Bonchev–Trinajstić information content (AvgIpc) is 2.29. The second kappa shape index (κ2) is 4.64. The molecule has 3 N–H and O–H groups in total. The third-order valence-corrected chi connectivity index (χ3v) is 2.90. The standard InChI is InChI=1S/C10H12ClN5/c11-10-15-8(6-2-1-3-14-5-6)7(4-12)9(13)16-10/h6,14H,1-3,5H2,(H2,13,15,16). The summed E-state index contributed by atoms with van der Waals surface area (Å²) >= 11 is 5.77. The Balaban J connectivity index is 2.42. The van der Waals surface area contributed by atoms with Gasteiger partial charge < -0.3 is 11.1 Å². The Hall–Kier alpha value is -1.38. The van der Waals surface area contributed by atoms with Crippen LogP contribution in [0.5, 0.6) is 0 Å². The second-order valence-corrected chi connectivity index (χ2v) is 4.13. The second-order valence-electron chi connectivity index (χ2n) is 3.79. The average molecular weight is 238 g/mol. The number of nitrogen functional groups attached to an aromatic ring is 1. The predicted molar refractivity (Wildman–Crippen MR) is 61.0 cm³/mol. The summed E-state index contributed by atoms with van der Waals surface area (Å²) in [4.78, 5) is 7.93. The fourth-order valence-electron chi connectivity index (χ4n) is 1.96. The molecule has 6 heteroatoms. The molecule has 1 saturated heterocycles. The zero-order chi connectivity index (χ0) is 11.5. The molecular formula is C10H12ClN5. The highest BCUT2D eigenvalue weighted by Crippen LogP contribution is 2.27. The van der Waals surface area contributed by atoms with E-state index < -0.39 is 0 Å². The van der Waals surface area contributed by atoms with Crippen molar-refractivity contribution in [3.8, 4) is 6.07 Å². The summed E-state index contributed by atoms with van der Waals surface area (Å²) in [7, 11) is 0. The first-order chi connectivity index (χ1) is 7.72. The summed E-state index contributed by atoms with van der Waals surface area (Å²) < 4.78 is 0. The van der Waals surface area contributed by atoms with Crippen molar-refractivity contribution >= 4 is 17.4 Å². The van der Waals surface area contributed by atoms with Crippen LogP contribution in [0.15, 0.2) is 0 Å². The fraction of sp³-hybridized carbons (Fsp3) is 0.500. The summed E-state index contributed by atoms with van der Waals surface area (Å²) in [6, 6.07) is 2.05. The lowest BCUT2D eigenvalue weighted by Gasteiger charge is -2.23. The maximum absolute atomic E-state index is 9.05. The van der Waals surface area contributed by atoms with Crippen LogP contribution >= 0.6 is 11.6 Å². The first-order valence-corrected chi connectivity index (χ1v) is 5.54. The molecule has 2 heterocycles. The van der Waals surface area contributed by atoms with Gasteiger partial charge in [-0.2, -0.15) is 10.2 Å². The van der Waals surface area contributed by atoms with Gasteiger partial charge in [0.15, 0.2) is 0 Å². The maximum atomic E-state index is 9.05. The molecule has 1 fully saturated rings. The van der Waals surface area contributed by atoms with Crippen LogP contribution in [0.1, 0.15) is 30.0 Å². The molecule has 0 saturated carbocycles. The molecule has 0 radical (unpaired) electrons. The normalized spacial score (nSPS) is 20.4. The van der Waals surface area contributed by atoms with E-state index in [1.165, 1.54) is 0 Å². The molecule has 1 atom stereocenters. The molecule has 1 aliphatic rings. The van der Waals surface area contributed by atoms with Gasteiger partial charge in [-0.1, -0.05) is 0 Å². The highest BCUT2D eigenvalue weighted by Gasteiger charge is 2.22. The van der Waals surface area contributed by atoms with E-state index in [0.29, 0.717) is 11.3 Å². The van der Waals surface area contributed by atoms with E-state index in [1.807, 2.05) is 0 Å². The first kappa shape index (κ1) is 11.1. The van der Waals surface area contributed by atoms with E-state index in [0.717, 1.165) is 25.9 Å². The number of aromatic nitrogens is 2. The number of halogens is 1. The number of nitrogens with one attached hydrogen (secondary N) is 1. The maximum Gasteiger partial charge on any atom is 0.224 e. The molecule has 84 valence electrons. The Bertz CT molecular complexity index is 434. The topological polar surface area (TPSA) is 87.6 Å². The van der Waals surface area contributed by atoms with Crippen molar-refractivity contribution in [1.29, 1.82) is 5.26 Å². The van der Waals surface area contributed by atoms with Crippen LogP contribution < -0.4 is 11.1 Å². The first-order valence-electron chi connectivity index (χ1n) is 5.16. The van der Waals surface area contributed by atoms with Gasteiger partial charge in [0.05, 0.1) is 5.69 Å². The Morgan fingerprint density at radius 3 is 2.94 bits per heavy atom. The monoisotopic (exact) mass is 237 g/mol. The lowest BCUT2D eigenvalue weighted by atomic mass is 9.93. The molecule has 0 bridgehead atoms. The van der Waals surface area contributed by atoms with Crippen LogP contribution in [0.2, 0.25) is 5.28 Å². The number of hydrogen-bond acceptors (Lipinski definition) is 5. The molecule has 1 unspecified atom stereocenters. The summed E-state index contributed by atoms with van der Waals surface area (Å²) in [6.07, 6.45) is 2.06. The van der Waals surface area contributed by atoms with Gasteiger partial charge in [0, 0.05) is 12.5 Å². The number of anilines is 1. The molecule has 1 aliphatic heterocycles. The van der Waals surface area contributed by atoms with Crippen LogP contribution in [0.3, 0.4) is 0 Å². The Kier molecular flexibility index (Phi) is 3.22. The number of rotatable bonds is 1. The number of piperidine rings is 1. The van der Waals surface area contributed by atoms with Crippen molar-refractivity contribution < 1.29 is 0 Å². The third kappa shape index (κ3) is 2.08. The van der Waals surface area contributed by atoms with Gasteiger partial charge in [-0.15, -0.1) is 0 Å². The van der Waals surface area contributed by atoms with Gasteiger partial charge >= 0.3 is 0 Å². The van der Waals surface area contributed by atoms with Crippen molar-refractivity contribution in [2.24, 2.45) is 0 Å². The molecule has 0 amide bonds. The zero-order valence-corrected chi connectivity index (χ0v) is 9.46.